The van der Waals surface area contributed by atoms with Crippen LogP contribution in [0.4, 0.5) is 0 Å². The second kappa shape index (κ2) is 11.2. The third kappa shape index (κ3) is 7.62. The van der Waals surface area contributed by atoms with Gasteiger partial charge in [-0.3, -0.25) is 14.8 Å². The number of nitrogens with two attached hydrogens (primary N) is 1. The molecule has 1 saturated carbocycles. The molecule has 0 bridgehead atoms. The van der Waals surface area contributed by atoms with Crippen LogP contribution in [0.2, 0.25) is 0 Å². The highest BCUT2D eigenvalue weighted by molar-refractivity contribution is 14.0. The van der Waals surface area contributed by atoms with E-state index in [0.717, 1.165) is 31.4 Å². The number of nitrogens with zero attached hydrogens (tertiary/aromatic N) is 2. The molecule has 1 aromatic heterocycles. The second-order valence-corrected chi connectivity index (χ2v) is 5.54. The number of amides is 1. The number of aliphatic imine (C=N–C) groups is 1. The number of nitrogens with one attached hydrogen (secondary N) is 2. The van der Waals surface area contributed by atoms with Crippen molar-refractivity contribution in [1.29, 1.82) is 0 Å². The minimum Gasteiger partial charge on any atom is -0.370 e. The maximum Gasteiger partial charge on any atom is 0.223 e. The Hall–Kier alpha value is -1.38. The Labute approximate surface area is 154 Å². The van der Waals surface area contributed by atoms with Crippen LogP contribution in [0.15, 0.2) is 29.4 Å². The first kappa shape index (κ1) is 19.7. The summed E-state index contributed by atoms with van der Waals surface area (Å²) < 4.78 is 0. The van der Waals surface area contributed by atoms with Gasteiger partial charge in [-0.15, -0.1) is 24.0 Å². The zero-order valence-electron chi connectivity index (χ0n) is 13.3. The van der Waals surface area contributed by atoms with Crippen LogP contribution in [0.25, 0.3) is 0 Å². The molecule has 0 aliphatic heterocycles. The van der Waals surface area contributed by atoms with E-state index in [1.165, 1.54) is 6.42 Å². The molecule has 1 aliphatic rings. The number of carbonyl (C=O) groups excluding carboxylic acids is 1. The minimum absolute atomic E-state index is 0. The van der Waals surface area contributed by atoms with E-state index in [4.69, 9.17) is 5.73 Å². The van der Waals surface area contributed by atoms with Crippen molar-refractivity contribution in [2.45, 2.75) is 32.1 Å². The van der Waals surface area contributed by atoms with Crippen molar-refractivity contribution < 1.29 is 4.79 Å². The number of guanidine groups is 1. The van der Waals surface area contributed by atoms with Crippen molar-refractivity contribution in [2.24, 2.45) is 16.6 Å². The van der Waals surface area contributed by atoms with E-state index in [-0.39, 0.29) is 35.8 Å². The van der Waals surface area contributed by atoms with E-state index in [1.807, 2.05) is 18.2 Å². The van der Waals surface area contributed by atoms with Crippen LogP contribution < -0.4 is 16.4 Å². The Balaban J connectivity index is 0.00000264. The Kier molecular flexibility index (Phi) is 9.58. The molecule has 23 heavy (non-hydrogen) atoms. The number of carbonyl (C=O) groups is 1. The summed E-state index contributed by atoms with van der Waals surface area (Å²) in [5, 5.41) is 6.01. The first-order valence-electron chi connectivity index (χ1n) is 7.97. The number of pyridine rings is 1. The predicted molar refractivity (Wildman–Crippen MR) is 103 cm³/mol. The molecule has 1 heterocycles. The van der Waals surface area contributed by atoms with Crippen molar-refractivity contribution in [2.75, 3.05) is 19.6 Å². The Morgan fingerprint density at radius 3 is 2.78 bits per heavy atom. The van der Waals surface area contributed by atoms with Gasteiger partial charge in [-0.25, -0.2) is 0 Å². The van der Waals surface area contributed by atoms with Crippen LogP contribution in [0.5, 0.6) is 0 Å². The third-order valence-electron chi connectivity index (χ3n) is 3.81. The summed E-state index contributed by atoms with van der Waals surface area (Å²) in [5.41, 5.74) is 6.82. The number of rotatable bonds is 8. The third-order valence-corrected chi connectivity index (χ3v) is 3.81. The number of aromatic nitrogens is 1. The van der Waals surface area contributed by atoms with Gasteiger partial charge in [0.15, 0.2) is 5.96 Å². The Morgan fingerprint density at radius 2 is 2.13 bits per heavy atom. The maximum absolute atomic E-state index is 11.6. The lowest BCUT2D eigenvalue weighted by atomic mass is 9.85. The lowest BCUT2D eigenvalue weighted by molar-refractivity contribution is -0.127. The average Bonchev–Trinajstić information content (AvgIpc) is 2.46. The molecule has 0 atom stereocenters. The van der Waals surface area contributed by atoms with Gasteiger partial charge in [0.25, 0.3) is 0 Å². The van der Waals surface area contributed by atoms with Gasteiger partial charge < -0.3 is 16.4 Å². The van der Waals surface area contributed by atoms with Crippen LogP contribution in [-0.2, 0) is 11.2 Å². The molecule has 0 spiro atoms. The number of hydrogen-bond acceptors (Lipinski definition) is 3. The van der Waals surface area contributed by atoms with Gasteiger partial charge in [0.1, 0.15) is 0 Å². The second-order valence-electron chi connectivity index (χ2n) is 5.54. The van der Waals surface area contributed by atoms with Crippen LogP contribution >= 0.6 is 24.0 Å². The van der Waals surface area contributed by atoms with Crippen LogP contribution in [-0.4, -0.2) is 36.5 Å². The fourth-order valence-electron chi connectivity index (χ4n) is 2.23. The maximum atomic E-state index is 11.6. The first-order valence-corrected chi connectivity index (χ1v) is 7.97. The standard InChI is InChI=1S/C16H25N5O.HI/c17-16(21-12-8-14-7-1-2-9-18-14)20-11-4-10-19-15(22)13-5-3-6-13;/h1-2,7,9,13H,3-6,8,10-12H2,(H,19,22)(H3,17,20,21);1H. The van der Waals surface area contributed by atoms with Gasteiger partial charge in [-0.05, 0) is 31.4 Å². The van der Waals surface area contributed by atoms with Crippen molar-refractivity contribution in [1.82, 2.24) is 15.6 Å². The van der Waals surface area contributed by atoms with Gasteiger partial charge in [-0.1, -0.05) is 12.5 Å². The molecule has 2 rings (SSSR count). The van der Waals surface area contributed by atoms with Crippen molar-refractivity contribution in [3.63, 3.8) is 0 Å². The summed E-state index contributed by atoms with van der Waals surface area (Å²) >= 11 is 0. The van der Waals surface area contributed by atoms with Gasteiger partial charge in [0.05, 0.1) is 0 Å². The summed E-state index contributed by atoms with van der Waals surface area (Å²) in [7, 11) is 0. The summed E-state index contributed by atoms with van der Waals surface area (Å²) in [6.07, 6.45) is 6.66. The van der Waals surface area contributed by atoms with E-state index in [1.54, 1.807) is 6.20 Å². The largest absolute Gasteiger partial charge is 0.370 e. The number of halogens is 1. The lowest BCUT2D eigenvalue weighted by Crippen LogP contribution is -2.35. The minimum atomic E-state index is 0. The molecular weight excluding hydrogens is 405 g/mol. The van der Waals surface area contributed by atoms with Gasteiger partial charge in [0.2, 0.25) is 5.91 Å². The molecule has 1 aromatic rings. The van der Waals surface area contributed by atoms with Crippen molar-refractivity contribution >= 4 is 35.8 Å². The fourth-order valence-corrected chi connectivity index (χ4v) is 2.23. The van der Waals surface area contributed by atoms with Crippen molar-refractivity contribution in [3.8, 4) is 0 Å². The summed E-state index contributed by atoms with van der Waals surface area (Å²) in [6, 6.07) is 5.86. The van der Waals surface area contributed by atoms with Crippen LogP contribution in [0.1, 0.15) is 31.4 Å². The topological polar surface area (TPSA) is 92.4 Å². The van der Waals surface area contributed by atoms with E-state index < -0.39 is 0 Å². The molecule has 4 N–H and O–H groups in total. The quantitative estimate of drug-likeness (QED) is 0.252. The van der Waals surface area contributed by atoms with Gasteiger partial charge in [0, 0.05) is 43.9 Å². The van der Waals surface area contributed by atoms with E-state index in [2.05, 4.69) is 20.6 Å². The predicted octanol–water partition coefficient (Wildman–Crippen LogP) is 1.45. The van der Waals surface area contributed by atoms with Gasteiger partial charge in [-0.2, -0.15) is 0 Å². The molecule has 0 saturated heterocycles. The van der Waals surface area contributed by atoms with Gasteiger partial charge >= 0.3 is 0 Å². The van der Waals surface area contributed by atoms with E-state index in [0.29, 0.717) is 25.6 Å². The zero-order chi connectivity index (χ0) is 15.6. The monoisotopic (exact) mass is 431 g/mol. The zero-order valence-corrected chi connectivity index (χ0v) is 15.7. The lowest BCUT2D eigenvalue weighted by Gasteiger charge is -2.23. The Morgan fingerprint density at radius 1 is 1.30 bits per heavy atom. The Bertz CT molecular complexity index is 491. The molecule has 0 unspecified atom stereocenters. The smallest absolute Gasteiger partial charge is 0.223 e. The highest BCUT2D eigenvalue weighted by Crippen LogP contribution is 2.25. The van der Waals surface area contributed by atoms with E-state index >= 15 is 0 Å². The molecule has 128 valence electrons. The molecular formula is C16H26IN5O. The van der Waals surface area contributed by atoms with Crippen LogP contribution in [0, 0.1) is 5.92 Å². The molecule has 6 nitrogen and oxygen atoms in total. The first-order chi connectivity index (χ1) is 10.8. The average molecular weight is 431 g/mol. The number of hydrogen-bond donors (Lipinski definition) is 3. The van der Waals surface area contributed by atoms with Crippen LogP contribution in [0.3, 0.4) is 0 Å². The molecule has 0 aromatic carbocycles. The van der Waals surface area contributed by atoms with Crippen molar-refractivity contribution in [3.05, 3.63) is 30.1 Å². The highest BCUT2D eigenvalue weighted by Gasteiger charge is 2.24. The molecule has 1 aliphatic carbocycles. The van der Waals surface area contributed by atoms with E-state index in [9.17, 15) is 4.79 Å². The molecule has 1 fully saturated rings. The fraction of sp³-hybridized carbons (Fsp3) is 0.562. The SMILES string of the molecule is I.NC(=NCCCNC(=O)C1CCC1)NCCc1ccccn1. The molecule has 7 heteroatoms. The summed E-state index contributed by atoms with van der Waals surface area (Å²) in [4.78, 5) is 20.1. The molecule has 1 amide bonds. The summed E-state index contributed by atoms with van der Waals surface area (Å²) in [5.74, 6) is 0.889. The normalized spacial score (nSPS) is 14.5. The summed E-state index contributed by atoms with van der Waals surface area (Å²) in [6.45, 7) is 2.00. The highest BCUT2D eigenvalue weighted by atomic mass is 127. The molecule has 0 radical (unpaired) electrons.